The molecule has 0 unspecified atom stereocenters. The first-order valence-electron chi connectivity index (χ1n) is 9.08. The van der Waals surface area contributed by atoms with E-state index in [4.69, 9.17) is 4.74 Å². The second kappa shape index (κ2) is 8.88. The van der Waals surface area contributed by atoms with Gasteiger partial charge in [0, 0.05) is 38.1 Å². The highest BCUT2D eigenvalue weighted by atomic mass is 16.5. The zero-order chi connectivity index (χ0) is 19.2. The lowest BCUT2D eigenvalue weighted by Crippen LogP contribution is -2.49. The van der Waals surface area contributed by atoms with Crippen LogP contribution in [0.1, 0.15) is 17.0 Å². The summed E-state index contributed by atoms with van der Waals surface area (Å²) in [5.41, 5.74) is 2.06. The Bertz CT molecular complexity index is 720. The van der Waals surface area contributed by atoms with Crippen molar-refractivity contribution in [2.45, 2.75) is 12.5 Å². The first-order valence-corrected chi connectivity index (χ1v) is 9.08. The molecule has 2 aromatic rings. The normalized spacial score (nSPS) is 22.4. The van der Waals surface area contributed by atoms with E-state index in [1.165, 1.54) is 4.90 Å². The number of rotatable bonds is 6. The number of aliphatic hydroxyl groups excluding tert-OH is 2. The Kier molecular flexibility index (Phi) is 6.32. The number of amides is 1. The van der Waals surface area contributed by atoms with Crippen LogP contribution in [-0.2, 0) is 6.61 Å². The smallest absolute Gasteiger partial charge is 0.407 e. The van der Waals surface area contributed by atoms with Crippen LogP contribution >= 0.6 is 0 Å². The van der Waals surface area contributed by atoms with Gasteiger partial charge in [0.25, 0.3) is 0 Å². The predicted molar refractivity (Wildman–Crippen MR) is 101 cm³/mol. The molecule has 1 heterocycles. The number of carboxylic acid groups (broad SMARTS) is 1. The van der Waals surface area contributed by atoms with Gasteiger partial charge in [-0.25, -0.2) is 4.79 Å². The van der Waals surface area contributed by atoms with Crippen LogP contribution in [0, 0.1) is 11.8 Å². The van der Waals surface area contributed by atoms with E-state index in [1.807, 2.05) is 54.6 Å². The van der Waals surface area contributed by atoms with Crippen molar-refractivity contribution < 1.29 is 24.9 Å². The predicted octanol–water partition coefficient (Wildman–Crippen LogP) is 2.56. The third kappa shape index (κ3) is 4.59. The molecule has 1 saturated heterocycles. The molecule has 6 heteroatoms. The molecule has 6 nitrogen and oxygen atoms in total. The zero-order valence-corrected chi connectivity index (χ0v) is 15.1. The number of carbonyl (C=O) groups is 1. The van der Waals surface area contributed by atoms with E-state index in [0.29, 0.717) is 6.61 Å². The standard InChI is InChI=1S/C21H25NO5/c23-12-17-10-22(21(25)26)11-18(13-24)20(17)16-6-8-19(9-7-16)27-14-15-4-2-1-3-5-15/h1-9,17-18,20,23-24H,10-14H2,(H,25,26)/t17-,18+,20+. The highest BCUT2D eigenvalue weighted by Gasteiger charge is 2.38. The fraction of sp³-hybridized carbons (Fsp3) is 0.381. The molecule has 1 amide bonds. The molecule has 0 spiro atoms. The van der Waals surface area contributed by atoms with Crippen LogP contribution in [-0.4, -0.2) is 52.6 Å². The minimum atomic E-state index is -1.02. The molecule has 0 aromatic heterocycles. The third-order valence-electron chi connectivity index (χ3n) is 5.18. The molecule has 2 aromatic carbocycles. The highest BCUT2D eigenvalue weighted by Crippen LogP contribution is 2.37. The molecule has 3 N–H and O–H groups in total. The number of piperidine rings is 1. The first-order chi connectivity index (χ1) is 13.1. The van der Waals surface area contributed by atoms with Gasteiger partial charge in [0.2, 0.25) is 0 Å². The number of aliphatic hydroxyl groups is 2. The average molecular weight is 371 g/mol. The Morgan fingerprint density at radius 2 is 1.56 bits per heavy atom. The van der Waals surface area contributed by atoms with Crippen LogP contribution in [0.15, 0.2) is 54.6 Å². The van der Waals surface area contributed by atoms with Gasteiger partial charge in [0.05, 0.1) is 0 Å². The van der Waals surface area contributed by atoms with Gasteiger partial charge in [0.15, 0.2) is 0 Å². The Hall–Kier alpha value is -2.57. The summed E-state index contributed by atoms with van der Waals surface area (Å²) in [4.78, 5) is 12.6. The molecular weight excluding hydrogens is 346 g/mol. The van der Waals surface area contributed by atoms with Crippen LogP contribution in [0.4, 0.5) is 4.79 Å². The van der Waals surface area contributed by atoms with E-state index in [9.17, 15) is 20.1 Å². The van der Waals surface area contributed by atoms with Crippen molar-refractivity contribution in [1.82, 2.24) is 4.90 Å². The number of hydrogen-bond donors (Lipinski definition) is 3. The molecule has 0 saturated carbocycles. The Balaban J connectivity index is 1.71. The SMILES string of the molecule is O=C(O)N1C[C@@H](CO)[C@@H](c2ccc(OCc3ccccc3)cc2)[C@@H](CO)C1. The van der Waals surface area contributed by atoms with Crippen molar-refractivity contribution in [1.29, 1.82) is 0 Å². The summed E-state index contributed by atoms with van der Waals surface area (Å²) in [6.45, 7) is 0.753. The highest BCUT2D eigenvalue weighted by molar-refractivity contribution is 5.65. The molecule has 0 aliphatic carbocycles. The lowest BCUT2D eigenvalue weighted by Gasteiger charge is -2.42. The maximum absolute atomic E-state index is 11.3. The van der Waals surface area contributed by atoms with Crippen LogP contribution < -0.4 is 4.74 Å². The van der Waals surface area contributed by atoms with Crippen LogP contribution in [0.25, 0.3) is 0 Å². The number of hydrogen-bond acceptors (Lipinski definition) is 4. The van der Waals surface area contributed by atoms with Crippen molar-refractivity contribution in [2.75, 3.05) is 26.3 Å². The van der Waals surface area contributed by atoms with Crippen molar-refractivity contribution in [3.63, 3.8) is 0 Å². The molecule has 1 aliphatic rings. The summed E-state index contributed by atoms with van der Waals surface area (Å²) in [6, 6.07) is 17.5. The summed E-state index contributed by atoms with van der Waals surface area (Å²) in [5.74, 6) is 0.150. The minimum Gasteiger partial charge on any atom is -0.489 e. The van der Waals surface area contributed by atoms with Gasteiger partial charge in [-0.05, 0) is 29.2 Å². The second-order valence-electron chi connectivity index (χ2n) is 6.94. The van der Waals surface area contributed by atoms with Crippen molar-refractivity contribution in [2.24, 2.45) is 11.8 Å². The van der Waals surface area contributed by atoms with Crippen molar-refractivity contribution in [3.05, 3.63) is 65.7 Å². The topological polar surface area (TPSA) is 90.2 Å². The lowest BCUT2D eigenvalue weighted by molar-refractivity contribution is 0.0387. The fourth-order valence-electron chi connectivity index (χ4n) is 3.82. The Morgan fingerprint density at radius 1 is 0.963 bits per heavy atom. The molecule has 3 rings (SSSR count). The van der Waals surface area contributed by atoms with Crippen molar-refractivity contribution in [3.8, 4) is 5.75 Å². The van der Waals surface area contributed by atoms with Crippen molar-refractivity contribution >= 4 is 6.09 Å². The zero-order valence-electron chi connectivity index (χ0n) is 15.1. The first kappa shape index (κ1) is 19.2. The number of nitrogens with zero attached hydrogens (tertiary/aromatic N) is 1. The maximum Gasteiger partial charge on any atom is 0.407 e. The summed E-state index contributed by atoms with van der Waals surface area (Å²) in [5, 5.41) is 28.8. The van der Waals surface area contributed by atoms with Gasteiger partial charge in [0.1, 0.15) is 12.4 Å². The average Bonchev–Trinajstić information content (AvgIpc) is 2.72. The second-order valence-corrected chi connectivity index (χ2v) is 6.94. The molecule has 0 radical (unpaired) electrons. The van der Waals surface area contributed by atoms with Gasteiger partial charge in [-0.1, -0.05) is 42.5 Å². The van der Waals surface area contributed by atoms with Crippen LogP contribution in [0.5, 0.6) is 5.75 Å². The van der Waals surface area contributed by atoms with Gasteiger partial charge in [-0.3, -0.25) is 0 Å². The molecule has 144 valence electrons. The third-order valence-corrected chi connectivity index (χ3v) is 5.18. The van der Waals surface area contributed by atoms with E-state index in [0.717, 1.165) is 16.9 Å². The van der Waals surface area contributed by atoms with Crippen LogP contribution in [0.2, 0.25) is 0 Å². The number of likely N-dealkylation sites (tertiary alicyclic amines) is 1. The Labute approximate surface area is 158 Å². The molecule has 3 atom stereocenters. The van der Waals surface area contributed by atoms with Gasteiger partial charge in [-0.15, -0.1) is 0 Å². The van der Waals surface area contributed by atoms with Gasteiger partial charge >= 0.3 is 6.09 Å². The molecule has 0 bridgehead atoms. The number of benzene rings is 2. The molecule has 1 aliphatic heterocycles. The molecular formula is C21H25NO5. The summed E-state index contributed by atoms with van der Waals surface area (Å²) in [7, 11) is 0. The van der Waals surface area contributed by atoms with E-state index >= 15 is 0 Å². The quantitative estimate of drug-likeness (QED) is 0.726. The van der Waals surface area contributed by atoms with E-state index in [1.54, 1.807) is 0 Å². The molecule has 27 heavy (non-hydrogen) atoms. The fourth-order valence-corrected chi connectivity index (χ4v) is 3.82. The monoisotopic (exact) mass is 371 g/mol. The lowest BCUT2D eigenvalue weighted by atomic mass is 9.74. The van der Waals surface area contributed by atoms with E-state index in [2.05, 4.69) is 0 Å². The largest absolute Gasteiger partial charge is 0.489 e. The Morgan fingerprint density at radius 3 is 2.07 bits per heavy atom. The van der Waals surface area contributed by atoms with E-state index < -0.39 is 6.09 Å². The minimum absolute atomic E-state index is 0.0984. The summed E-state index contributed by atoms with van der Waals surface area (Å²) in [6.07, 6.45) is -1.02. The van der Waals surface area contributed by atoms with E-state index in [-0.39, 0.29) is 44.1 Å². The maximum atomic E-state index is 11.3. The summed E-state index contributed by atoms with van der Waals surface area (Å²) < 4.78 is 5.80. The van der Waals surface area contributed by atoms with Gasteiger partial charge < -0.3 is 25.0 Å². The molecule has 1 fully saturated rings. The summed E-state index contributed by atoms with van der Waals surface area (Å²) >= 11 is 0. The van der Waals surface area contributed by atoms with Crippen LogP contribution in [0.3, 0.4) is 0 Å². The van der Waals surface area contributed by atoms with Gasteiger partial charge in [-0.2, -0.15) is 0 Å². The number of ether oxygens (including phenoxy) is 1.